The van der Waals surface area contributed by atoms with Crippen molar-refractivity contribution in [2.45, 2.75) is 58.3 Å². The van der Waals surface area contributed by atoms with Crippen LogP contribution in [0.15, 0.2) is 42.5 Å². The summed E-state index contributed by atoms with van der Waals surface area (Å²) in [4.78, 5) is 60.4. The second kappa shape index (κ2) is 11.6. The second-order valence-electron chi connectivity index (χ2n) is 8.12. The summed E-state index contributed by atoms with van der Waals surface area (Å²) in [6, 6.07) is 12.4. The van der Waals surface area contributed by atoms with Crippen molar-refractivity contribution in [3.63, 3.8) is 0 Å². The lowest BCUT2D eigenvalue weighted by Crippen LogP contribution is -2.66. The van der Waals surface area contributed by atoms with E-state index in [0.717, 1.165) is 26.2 Å². The molecule has 192 valence electrons. The average Bonchev–Trinajstić information content (AvgIpc) is 2.80. The zero-order chi connectivity index (χ0) is 26.4. The molecule has 0 spiro atoms. The molecular weight excluding hydrogens is 474 g/mol. The number of fused-ring (bicyclic) bond motifs is 1. The van der Waals surface area contributed by atoms with Crippen LogP contribution in [0.1, 0.15) is 38.1 Å². The smallest absolute Gasteiger partial charge is 0.303 e. The lowest BCUT2D eigenvalue weighted by molar-refractivity contribution is -0.255. The summed E-state index contributed by atoms with van der Waals surface area (Å²) in [5.74, 6) is -3.46. The number of esters is 4. The first-order valence-electron chi connectivity index (χ1n) is 11.2. The highest BCUT2D eigenvalue weighted by atomic mass is 16.7. The van der Waals surface area contributed by atoms with Gasteiger partial charge in [-0.25, -0.2) is 0 Å². The van der Waals surface area contributed by atoms with Crippen LogP contribution >= 0.6 is 0 Å². The molecule has 1 fully saturated rings. The monoisotopic (exact) mass is 501 g/mol. The summed E-state index contributed by atoms with van der Waals surface area (Å²) in [6.45, 7) is 4.16. The first-order chi connectivity index (χ1) is 17.1. The minimum Gasteiger partial charge on any atom is -0.463 e. The van der Waals surface area contributed by atoms with E-state index in [1.54, 1.807) is 24.3 Å². The Morgan fingerprint density at radius 1 is 0.750 bits per heavy atom. The van der Waals surface area contributed by atoms with E-state index >= 15 is 0 Å². The van der Waals surface area contributed by atoms with Crippen LogP contribution in [0.4, 0.5) is 0 Å². The third kappa shape index (κ3) is 6.57. The fraction of sp³-hybridized carbons (Fsp3) is 0.400. The number of benzene rings is 2. The van der Waals surface area contributed by atoms with Gasteiger partial charge in [-0.3, -0.25) is 24.0 Å². The number of amides is 1. The van der Waals surface area contributed by atoms with Crippen molar-refractivity contribution in [2.75, 3.05) is 6.61 Å². The molecule has 0 aliphatic carbocycles. The first kappa shape index (κ1) is 26.6. The highest BCUT2D eigenvalue weighted by Crippen LogP contribution is 2.29. The minimum atomic E-state index is -1.39. The summed E-state index contributed by atoms with van der Waals surface area (Å²) < 4.78 is 27.0. The molecule has 11 heteroatoms. The highest BCUT2D eigenvalue weighted by molar-refractivity contribution is 6.07. The summed E-state index contributed by atoms with van der Waals surface area (Å²) in [7, 11) is 0. The molecule has 1 amide bonds. The molecule has 11 nitrogen and oxygen atoms in total. The number of rotatable bonds is 7. The van der Waals surface area contributed by atoms with E-state index in [9.17, 15) is 24.0 Å². The molecule has 1 aliphatic rings. The van der Waals surface area contributed by atoms with Crippen molar-refractivity contribution in [3.8, 4) is 0 Å². The molecule has 1 aliphatic heterocycles. The van der Waals surface area contributed by atoms with E-state index in [0.29, 0.717) is 10.9 Å². The molecule has 0 unspecified atom stereocenters. The molecule has 0 aromatic heterocycles. The molecule has 2 aromatic rings. The summed E-state index contributed by atoms with van der Waals surface area (Å²) in [5.41, 5.74) is 0.320. The maximum Gasteiger partial charge on any atom is 0.303 e. The summed E-state index contributed by atoms with van der Waals surface area (Å²) >= 11 is 0. The van der Waals surface area contributed by atoms with Crippen molar-refractivity contribution in [2.24, 2.45) is 0 Å². The van der Waals surface area contributed by atoms with Crippen LogP contribution in [0.25, 0.3) is 10.8 Å². The molecule has 1 saturated heterocycles. The lowest BCUT2D eigenvalue weighted by atomic mass is 9.96. The largest absolute Gasteiger partial charge is 0.463 e. The Bertz CT molecular complexity index is 1160. The standard InChI is InChI=1S/C25H27NO10/c1-13(27)32-12-20-21(33-14(2)28)22(34-15(3)29)23(35-16(4)30)25(36-20)26-24(31)19-11-7-9-17-8-5-6-10-18(17)19/h5-11,20-23,25H,12H2,1-4H3,(H,26,31)/t20-,21-,22+,23-,25-/m1/s1. The summed E-state index contributed by atoms with van der Waals surface area (Å²) in [5, 5.41) is 4.16. The normalized spacial score (nSPS) is 23.3. The Hall–Kier alpha value is -3.99. The van der Waals surface area contributed by atoms with Gasteiger partial charge in [-0.05, 0) is 16.8 Å². The van der Waals surface area contributed by atoms with Crippen molar-refractivity contribution in [1.29, 1.82) is 0 Å². The Morgan fingerprint density at radius 3 is 1.97 bits per heavy atom. The van der Waals surface area contributed by atoms with Crippen LogP contribution in [-0.4, -0.2) is 67.0 Å². The van der Waals surface area contributed by atoms with E-state index in [1.807, 2.05) is 18.2 Å². The number of carbonyl (C=O) groups excluding carboxylic acids is 5. The van der Waals surface area contributed by atoms with Gasteiger partial charge in [0.1, 0.15) is 12.7 Å². The molecule has 0 saturated carbocycles. The van der Waals surface area contributed by atoms with Crippen molar-refractivity contribution in [3.05, 3.63) is 48.0 Å². The molecular formula is C25H27NO10. The van der Waals surface area contributed by atoms with Gasteiger partial charge in [0, 0.05) is 33.3 Å². The van der Waals surface area contributed by atoms with Gasteiger partial charge in [0.25, 0.3) is 5.91 Å². The molecule has 3 rings (SSSR count). The zero-order valence-electron chi connectivity index (χ0n) is 20.2. The van der Waals surface area contributed by atoms with Crippen molar-refractivity contribution < 1.29 is 47.7 Å². The van der Waals surface area contributed by atoms with Crippen molar-refractivity contribution in [1.82, 2.24) is 5.32 Å². The van der Waals surface area contributed by atoms with Gasteiger partial charge in [-0.1, -0.05) is 36.4 Å². The molecule has 36 heavy (non-hydrogen) atoms. The number of ether oxygens (including phenoxy) is 5. The fourth-order valence-electron chi connectivity index (χ4n) is 3.97. The van der Waals surface area contributed by atoms with E-state index in [4.69, 9.17) is 23.7 Å². The SMILES string of the molecule is CC(=O)OC[C@H]1O[C@@H](NC(=O)c2cccc3ccccc23)[C@H](OC(C)=O)[C@@H](OC(C)=O)[C@@H]1OC(C)=O. The lowest BCUT2D eigenvalue weighted by Gasteiger charge is -2.44. The molecule has 0 radical (unpaired) electrons. The quantitative estimate of drug-likeness (QED) is 0.439. The Morgan fingerprint density at radius 2 is 1.33 bits per heavy atom. The predicted octanol–water partition coefficient (Wildman–Crippen LogP) is 1.65. The highest BCUT2D eigenvalue weighted by Gasteiger charge is 2.52. The topological polar surface area (TPSA) is 144 Å². The van der Waals surface area contributed by atoms with Crippen LogP contribution in [0.5, 0.6) is 0 Å². The van der Waals surface area contributed by atoms with Gasteiger partial charge in [-0.15, -0.1) is 0 Å². The van der Waals surface area contributed by atoms with Gasteiger partial charge in [0.05, 0.1) is 0 Å². The van der Waals surface area contributed by atoms with E-state index in [1.165, 1.54) is 6.92 Å². The maximum atomic E-state index is 13.3. The first-order valence-corrected chi connectivity index (χ1v) is 11.2. The Labute approximate surface area is 207 Å². The van der Waals surface area contributed by atoms with Crippen molar-refractivity contribution >= 4 is 40.6 Å². The van der Waals surface area contributed by atoms with Gasteiger partial charge >= 0.3 is 23.9 Å². The van der Waals surface area contributed by atoms with Crippen LogP contribution in [0.2, 0.25) is 0 Å². The van der Waals surface area contributed by atoms with Crippen LogP contribution in [-0.2, 0) is 42.9 Å². The number of nitrogens with one attached hydrogen (secondary N) is 1. The van der Waals surface area contributed by atoms with E-state index in [2.05, 4.69) is 5.32 Å². The van der Waals surface area contributed by atoms with Gasteiger partial charge < -0.3 is 29.0 Å². The third-order valence-corrected chi connectivity index (χ3v) is 5.30. The minimum absolute atomic E-state index is 0.320. The number of carbonyl (C=O) groups is 5. The van der Waals surface area contributed by atoms with E-state index in [-0.39, 0.29) is 0 Å². The predicted molar refractivity (Wildman–Crippen MR) is 123 cm³/mol. The Kier molecular flexibility index (Phi) is 8.59. The molecule has 0 bridgehead atoms. The van der Waals surface area contributed by atoms with Crippen LogP contribution in [0.3, 0.4) is 0 Å². The number of hydrogen-bond acceptors (Lipinski definition) is 10. The molecule has 2 aromatic carbocycles. The zero-order valence-corrected chi connectivity index (χ0v) is 20.2. The van der Waals surface area contributed by atoms with Crippen LogP contribution < -0.4 is 5.32 Å². The fourth-order valence-corrected chi connectivity index (χ4v) is 3.97. The van der Waals surface area contributed by atoms with Gasteiger partial charge in [-0.2, -0.15) is 0 Å². The van der Waals surface area contributed by atoms with Gasteiger partial charge in [0.15, 0.2) is 24.5 Å². The third-order valence-electron chi connectivity index (χ3n) is 5.30. The maximum absolute atomic E-state index is 13.3. The second-order valence-corrected chi connectivity index (χ2v) is 8.12. The van der Waals surface area contributed by atoms with Crippen LogP contribution in [0, 0.1) is 0 Å². The summed E-state index contributed by atoms with van der Waals surface area (Å²) in [6.07, 6.45) is -6.57. The molecule has 1 N–H and O–H groups in total. The molecule has 5 atom stereocenters. The average molecular weight is 501 g/mol. The van der Waals surface area contributed by atoms with Gasteiger partial charge in [0.2, 0.25) is 0 Å². The van der Waals surface area contributed by atoms with E-state index < -0.39 is 67.0 Å². The molecule has 1 heterocycles. The number of hydrogen-bond donors (Lipinski definition) is 1. The Balaban J connectivity index is 2.00.